The number of hydrogen-bond donors (Lipinski definition) is 3. The highest BCUT2D eigenvalue weighted by atomic mass is 19.1. The van der Waals surface area contributed by atoms with E-state index in [2.05, 4.69) is 26.7 Å². The minimum atomic E-state index is -0.669. The first-order chi connectivity index (χ1) is 16.0. The Kier molecular flexibility index (Phi) is 5.26. The van der Waals surface area contributed by atoms with Gasteiger partial charge in [-0.3, -0.25) is 9.59 Å². The summed E-state index contributed by atoms with van der Waals surface area (Å²) in [5, 5.41) is 5.82. The molecule has 33 heavy (non-hydrogen) atoms. The first-order valence-electron chi connectivity index (χ1n) is 10.6. The van der Waals surface area contributed by atoms with Crippen molar-refractivity contribution in [1.29, 1.82) is 0 Å². The highest BCUT2D eigenvalue weighted by molar-refractivity contribution is 5.92. The van der Waals surface area contributed by atoms with Crippen molar-refractivity contribution in [3.63, 3.8) is 0 Å². The zero-order chi connectivity index (χ0) is 23.1. The Morgan fingerprint density at radius 1 is 1.21 bits per heavy atom. The zero-order valence-corrected chi connectivity index (χ0v) is 17.8. The second kappa shape index (κ2) is 8.25. The maximum Gasteiger partial charge on any atom is 0.275 e. The molecule has 1 aliphatic heterocycles. The standard InChI is InChI=1S/C24H21F2N5O2/c1-27-23(32)18-3-2-15(13-4-7-28-8-5-13)19(29-18)10-14-11-20-21(12-17(14)26)31-9-6-16(25)22(31)24(33)30-20/h2-4,6,9,11-12,28H,5,7-8,10H2,1H3,(H,27,32)(H,30,33). The summed E-state index contributed by atoms with van der Waals surface area (Å²) in [7, 11) is 1.52. The second-order valence-electron chi connectivity index (χ2n) is 7.93. The molecule has 168 valence electrons. The van der Waals surface area contributed by atoms with Crippen LogP contribution in [-0.2, 0) is 6.42 Å². The third-order valence-corrected chi connectivity index (χ3v) is 5.93. The van der Waals surface area contributed by atoms with Crippen LogP contribution in [0.25, 0.3) is 22.1 Å². The van der Waals surface area contributed by atoms with E-state index in [1.165, 1.54) is 35.8 Å². The molecule has 3 N–H and O–H groups in total. The molecule has 0 saturated heterocycles. The van der Waals surface area contributed by atoms with Gasteiger partial charge in [0.05, 0.1) is 16.7 Å². The Morgan fingerprint density at radius 2 is 2.06 bits per heavy atom. The van der Waals surface area contributed by atoms with Gasteiger partial charge in [-0.2, -0.15) is 0 Å². The lowest BCUT2D eigenvalue weighted by Crippen LogP contribution is -2.22. The smallest absolute Gasteiger partial charge is 0.275 e. The van der Waals surface area contributed by atoms with Crippen LogP contribution < -0.4 is 16.2 Å². The Morgan fingerprint density at radius 3 is 2.82 bits per heavy atom. The highest BCUT2D eigenvalue weighted by Gasteiger charge is 2.18. The average Bonchev–Trinajstić information content (AvgIpc) is 3.22. The van der Waals surface area contributed by atoms with Crippen LogP contribution in [0.2, 0.25) is 0 Å². The summed E-state index contributed by atoms with van der Waals surface area (Å²) in [4.78, 5) is 31.7. The number of carbonyl (C=O) groups excluding carboxylic acids is 1. The van der Waals surface area contributed by atoms with Crippen LogP contribution in [-0.4, -0.2) is 40.4 Å². The monoisotopic (exact) mass is 449 g/mol. The number of amides is 1. The molecule has 0 fully saturated rings. The van der Waals surface area contributed by atoms with Crippen molar-refractivity contribution in [1.82, 2.24) is 25.0 Å². The summed E-state index contributed by atoms with van der Waals surface area (Å²) >= 11 is 0. The Labute approximate surface area is 187 Å². The quantitative estimate of drug-likeness (QED) is 0.447. The van der Waals surface area contributed by atoms with E-state index in [0.29, 0.717) is 22.3 Å². The Balaban J connectivity index is 1.64. The summed E-state index contributed by atoms with van der Waals surface area (Å²) < 4.78 is 30.5. The van der Waals surface area contributed by atoms with Crippen LogP contribution in [0.3, 0.4) is 0 Å². The van der Waals surface area contributed by atoms with Gasteiger partial charge in [-0.1, -0.05) is 12.1 Å². The van der Waals surface area contributed by atoms with E-state index in [4.69, 9.17) is 0 Å². The maximum absolute atomic E-state index is 15.2. The number of nitrogens with one attached hydrogen (secondary N) is 3. The predicted octanol–water partition coefficient (Wildman–Crippen LogP) is 2.78. The molecule has 0 aliphatic carbocycles. The van der Waals surface area contributed by atoms with E-state index in [9.17, 15) is 14.0 Å². The van der Waals surface area contributed by atoms with Crippen molar-refractivity contribution >= 4 is 28.0 Å². The van der Waals surface area contributed by atoms with Gasteiger partial charge in [-0.05, 0) is 47.9 Å². The van der Waals surface area contributed by atoms with Gasteiger partial charge in [0.1, 0.15) is 17.0 Å². The molecule has 0 radical (unpaired) electrons. The van der Waals surface area contributed by atoms with Gasteiger partial charge in [0.25, 0.3) is 11.5 Å². The molecular formula is C24H21F2N5O2. The third-order valence-electron chi connectivity index (χ3n) is 5.93. The number of halogens is 2. The van der Waals surface area contributed by atoms with Crippen LogP contribution >= 0.6 is 0 Å². The molecule has 0 atom stereocenters. The molecule has 7 nitrogen and oxygen atoms in total. The van der Waals surface area contributed by atoms with E-state index < -0.39 is 17.2 Å². The molecule has 1 aliphatic rings. The molecule has 9 heteroatoms. The van der Waals surface area contributed by atoms with Crippen LogP contribution in [0.4, 0.5) is 8.78 Å². The van der Waals surface area contributed by atoms with Gasteiger partial charge in [0, 0.05) is 32.3 Å². The van der Waals surface area contributed by atoms with Gasteiger partial charge in [-0.15, -0.1) is 0 Å². The largest absolute Gasteiger partial charge is 0.354 e. The number of nitrogens with zero attached hydrogens (tertiary/aromatic N) is 2. The number of H-pyrrole nitrogens is 1. The highest BCUT2D eigenvalue weighted by Crippen LogP contribution is 2.27. The predicted molar refractivity (Wildman–Crippen MR) is 121 cm³/mol. The lowest BCUT2D eigenvalue weighted by atomic mass is 9.95. The Hall–Kier alpha value is -3.85. The molecule has 0 unspecified atom stereocenters. The van der Waals surface area contributed by atoms with E-state index in [-0.39, 0.29) is 23.5 Å². The van der Waals surface area contributed by atoms with Crippen LogP contribution in [0.5, 0.6) is 0 Å². The number of carbonyl (C=O) groups is 1. The minimum absolute atomic E-state index is 0.118. The van der Waals surface area contributed by atoms with Gasteiger partial charge >= 0.3 is 0 Å². The number of benzene rings is 1. The molecule has 1 amide bonds. The van der Waals surface area contributed by atoms with E-state index in [0.717, 1.165) is 30.6 Å². The number of pyridine rings is 1. The molecule has 1 aromatic carbocycles. The Bertz CT molecular complexity index is 1500. The fourth-order valence-electron chi connectivity index (χ4n) is 4.28. The van der Waals surface area contributed by atoms with Crippen LogP contribution in [0.1, 0.15) is 33.7 Å². The minimum Gasteiger partial charge on any atom is -0.354 e. The fourth-order valence-corrected chi connectivity index (χ4v) is 4.28. The molecule has 0 bridgehead atoms. The first kappa shape index (κ1) is 21.0. The molecule has 0 saturated carbocycles. The number of hydrogen-bond acceptors (Lipinski definition) is 4. The molecule has 4 aromatic rings. The van der Waals surface area contributed by atoms with Crippen molar-refractivity contribution in [2.24, 2.45) is 0 Å². The third kappa shape index (κ3) is 3.70. The molecular weight excluding hydrogens is 428 g/mol. The van der Waals surface area contributed by atoms with Gasteiger partial charge in [0.2, 0.25) is 0 Å². The van der Waals surface area contributed by atoms with E-state index in [1.807, 2.05) is 6.07 Å². The van der Waals surface area contributed by atoms with Gasteiger partial charge in [-0.25, -0.2) is 13.8 Å². The number of aromatic amines is 1. The molecule has 0 spiro atoms. The van der Waals surface area contributed by atoms with Gasteiger partial charge < -0.3 is 20.0 Å². The van der Waals surface area contributed by atoms with E-state index >= 15 is 4.39 Å². The van der Waals surface area contributed by atoms with Crippen molar-refractivity contribution in [2.75, 3.05) is 20.1 Å². The summed E-state index contributed by atoms with van der Waals surface area (Å²) in [6, 6.07) is 7.49. The summed E-state index contributed by atoms with van der Waals surface area (Å²) in [5.74, 6) is -1.51. The topological polar surface area (TPSA) is 91.3 Å². The lowest BCUT2D eigenvalue weighted by Gasteiger charge is -2.18. The number of rotatable bonds is 4. The summed E-state index contributed by atoms with van der Waals surface area (Å²) in [6.07, 6.45) is 4.37. The van der Waals surface area contributed by atoms with Crippen molar-refractivity contribution in [3.05, 3.63) is 87.1 Å². The maximum atomic E-state index is 15.2. The second-order valence-corrected chi connectivity index (χ2v) is 7.93. The van der Waals surface area contributed by atoms with E-state index in [1.54, 1.807) is 6.07 Å². The van der Waals surface area contributed by atoms with Crippen LogP contribution in [0, 0.1) is 11.6 Å². The SMILES string of the molecule is CNC(=O)c1ccc(C2=CCNCC2)c(Cc2cc3[nH]c(=O)c4c(F)ccn4c3cc2F)n1. The lowest BCUT2D eigenvalue weighted by molar-refractivity contribution is 0.0958. The average molecular weight is 449 g/mol. The molecule has 3 aromatic heterocycles. The molecule has 4 heterocycles. The number of fused-ring (bicyclic) bond motifs is 3. The van der Waals surface area contributed by atoms with Crippen molar-refractivity contribution in [2.45, 2.75) is 12.8 Å². The molecule has 5 rings (SSSR count). The zero-order valence-electron chi connectivity index (χ0n) is 17.8. The van der Waals surface area contributed by atoms with Crippen molar-refractivity contribution < 1.29 is 13.6 Å². The first-order valence-corrected chi connectivity index (χ1v) is 10.6. The number of aromatic nitrogens is 3. The van der Waals surface area contributed by atoms with Gasteiger partial charge in [0.15, 0.2) is 5.82 Å². The summed E-state index contributed by atoms with van der Waals surface area (Å²) in [6.45, 7) is 1.54. The summed E-state index contributed by atoms with van der Waals surface area (Å²) in [5.41, 5.74) is 3.04. The fraction of sp³-hybridized carbons (Fsp3) is 0.208. The van der Waals surface area contributed by atoms with Crippen molar-refractivity contribution in [3.8, 4) is 0 Å². The van der Waals surface area contributed by atoms with Crippen LogP contribution in [0.15, 0.2) is 47.4 Å². The normalized spacial score (nSPS) is 14.0.